The molecule has 1 heterocycles. The van der Waals surface area contributed by atoms with E-state index in [0.29, 0.717) is 6.42 Å². The second-order valence-electron chi connectivity index (χ2n) is 3.22. The number of hydrogen-bond donors (Lipinski definition) is 2. The van der Waals surface area contributed by atoms with Crippen molar-refractivity contribution in [3.63, 3.8) is 0 Å². The number of benzene rings is 1. The monoisotopic (exact) mass is 187 g/mol. The number of hydrogen-bond acceptors (Lipinski definition) is 2. The highest BCUT2D eigenvalue weighted by Gasteiger charge is 2.27. The van der Waals surface area contributed by atoms with Crippen LogP contribution in [0.2, 0.25) is 0 Å². The molecular formula is C11H9NO2. The third-order valence-electron chi connectivity index (χ3n) is 2.37. The molecule has 2 N–H and O–H groups in total. The molecule has 1 atom stereocenters. The molecule has 0 fully saturated rings. The van der Waals surface area contributed by atoms with Crippen LogP contribution in [-0.4, -0.2) is 17.1 Å². The van der Waals surface area contributed by atoms with Crippen molar-refractivity contribution in [2.75, 3.05) is 5.32 Å². The summed E-state index contributed by atoms with van der Waals surface area (Å²) in [6.07, 6.45) is 5.78. The lowest BCUT2D eigenvalue weighted by atomic mass is 10.0. The van der Waals surface area contributed by atoms with Gasteiger partial charge in [0.15, 0.2) is 0 Å². The molecule has 0 saturated heterocycles. The Balaban J connectivity index is 2.40. The normalized spacial score (nSPS) is 18.1. The Morgan fingerprint density at radius 2 is 2.43 bits per heavy atom. The summed E-state index contributed by atoms with van der Waals surface area (Å²) in [5.41, 5.74) is 2.55. The van der Waals surface area contributed by atoms with E-state index in [-0.39, 0.29) is 0 Å². The maximum Gasteiger partial charge on any atom is 0.326 e. The van der Waals surface area contributed by atoms with Crippen LogP contribution in [0.3, 0.4) is 0 Å². The van der Waals surface area contributed by atoms with Crippen LogP contribution in [0.15, 0.2) is 18.2 Å². The number of carboxylic acid groups (broad SMARTS) is 1. The number of nitrogens with one attached hydrogen (secondary N) is 1. The minimum absolute atomic E-state index is 0.463. The highest BCUT2D eigenvalue weighted by atomic mass is 16.4. The quantitative estimate of drug-likeness (QED) is 0.647. The molecule has 0 bridgehead atoms. The Kier molecular flexibility index (Phi) is 1.90. The zero-order chi connectivity index (χ0) is 10.1. The van der Waals surface area contributed by atoms with E-state index in [2.05, 4.69) is 11.2 Å². The molecule has 0 saturated carbocycles. The molecule has 0 unspecified atom stereocenters. The van der Waals surface area contributed by atoms with Crippen molar-refractivity contribution in [1.82, 2.24) is 0 Å². The Labute approximate surface area is 81.8 Å². The topological polar surface area (TPSA) is 49.3 Å². The van der Waals surface area contributed by atoms with Gasteiger partial charge >= 0.3 is 5.97 Å². The predicted octanol–water partition coefficient (Wildman–Crippen LogP) is 1.09. The molecule has 1 aliphatic rings. The zero-order valence-electron chi connectivity index (χ0n) is 7.45. The van der Waals surface area contributed by atoms with E-state index >= 15 is 0 Å². The fourth-order valence-corrected chi connectivity index (χ4v) is 1.67. The minimum atomic E-state index is -0.843. The molecule has 0 amide bonds. The summed E-state index contributed by atoms with van der Waals surface area (Å²) in [6, 6.07) is 4.95. The van der Waals surface area contributed by atoms with Crippen LogP contribution < -0.4 is 5.32 Å². The van der Waals surface area contributed by atoms with Crippen molar-refractivity contribution >= 4 is 11.7 Å². The molecule has 1 aromatic rings. The molecule has 70 valence electrons. The van der Waals surface area contributed by atoms with E-state index in [0.717, 1.165) is 16.8 Å². The van der Waals surface area contributed by atoms with Crippen molar-refractivity contribution in [3.05, 3.63) is 29.3 Å². The third-order valence-corrected chi connectivity index (χ3v) is 2.37. The lowest BCUT2D eigenvalue weighted by molar-refractivity contribution is -0.137. The lowest BCUT2D eigenvalue weighted by Gasteiger charge is -2.03. The fourth-order valence-electron chi connectivity index (χ4n) is 1.67. The highest BCUT2D eigenvalue weighted by Crippen LogP contribution is 2.28. The largest absolute Gasteiger partial charge is 0.480 e. The SMILES string of the molecule is C#Cc1cccc2c1C[C@@H](C(=O)O)N2. The van der Waals surface area contributed by atoms with Crippen LogP contribution in [0.5, 0.6) is 0 Å². The summed E-state index contributed by atoms with van der Waals surface area (Å²) in [7, 11) is 0. The predicted molar refractivity (Wildman–Crippen MR) is 53.1 cm³/mol. The molecule has 3 nitrogen and oxygen atoms in total. The maximum absolute atomic E-state index is 10.8. The maximum atomic E-state index is 10.8. The third kappa shape index (κ3) is 1.21. The summed E-state index contributed by atoms with van der Waals surface area (Å²) in [5.74, 6) is 1.71. The number of carbonyl (C=O) groups is 1. The number of carboxylic acids is 1. The first-order chi connectivity index (χ1) is 6.72. The van der Waals surface area contributed by atoms with Gasteiger partial charge in [-0.05, 0) is 17.7 Å². The summed E-state index contributed by atoms with van der Waals surface area (Å²) in [5, 5.41) is 11.7. The molecule has 1 aliphatic heterocycles. The smallest absolute Gasteiger partial charge is 0.326 e. The highest BCUT2D eigenvalue weighted by molar-refractivity contribution is 5.82. The van der Waals surface area contributed by atoms with E-state index in [4.69, 9.17) is 11.5 Å². The average molecular weight is 187 g/mol. The average Bonchev–Trinajstić information content (AvgIpc) is 2.60. The van der Waals surface area contributed by atoms with Gasteiger partial charge < -0.3 is 10.4 Å². The molecule has 2 rings (SSSR count). The van der Waals surface area contributed by atoms with E-state index < -0.39 is 12.0 Å². The molecule has 0 aromatic heterocycles. The van der Waals surface area contributed by atoms with Gasteiger partial charge in [0.1, 0.15) is 6.04 Å². The number of fused-ring (bicyclic) bond motifs is 1. The van der Waals surface area contributed by atoms with Gasteiger partial charge in [0.25, 0.3) is 0 Å². The number of rotatable bonds is 1. The molecule has 0 radical (unpaired) electrons. The van der Waals surface area contributed by atoms with Gasteiger partial charge in [-0.3, -0.25) is 0 Å². The Morgan fingerprint density at radius 1 is 1.64 bits per heavy atom. The van der Waals surface area contributed by atoms with Gasteiger partial charge in [-0.15, -0.1) is 6.42 Å². The zero-order valence-corrected chi connectivity index (χ0v) is 7.45. The van der Waals surface area contributed by atoms with Crippen LogP contribution in [0.25, 0.3) is 0 Å². The van der Waals surface area contributed by atoms with Crippen molar-refractivity contribution < 1.29 is 9.90 Å². The fraction of sp³-hybridized carbons (Fsp3) is 0.182. The summed E-state index contributed by atoms with van der Waals surface area (Å²) < 4.78 is 0. The van der Waals surface area contributed by atoms with Crippen molar-refractivity contribution in [2.45, 2.75) is 12.5 Å². The van der Waals surface area contributed by atoms with Gasteiger partial charge in [-0.25, -0.2) is 4.79 Å². The van der Waals surface area contributed by atoms with Crippen LogP contribution >= 0.6 is 0 Å². The summed E-state index contributed by atoms with van der Waals surface area (Å²) >= 11 is 0. The molecule has 0 aliphatic carbocycles. The van der Waals surface area contributed by atoms with Gasteiger partial charge in [0.2, 0.25) is 0 Å². The molecule has 0 spiro atoms. The van der Waals surface area contributed by atoms with Crippen molar-refractivity contribution in [3.8, 4) is 12.3 Å². The number of aliphatic carboxylic acids is 1. The van der Waals surface area contributed by atoms with Gasteiger partial charge in [-0.1, -0.05) is 12.0 Å². The van der Waals surface area contributed by atoms with Crippen LogP contribution in [0, 0.1) is 12.3 Å². The standard InChI is InChI=1S/C11H9NO2/c1-2-7-4-3-5-9-8(7)6-10(12-9)11(13)14/h1,3-5,10,12H,6H2,(H,13,14)/t10-/m0/s1. The molecular weight excluding hydrogens is 178 g/mol. The lowest BCUT2D eigenvalue weighted by Crippen LogP contribution is -2.26. The number of anilines is 1. The van der Waals surface area contributed by atoms with Crippen LogP contribution in [-0.2, 0) is 11.2 Å². The van der Waals surface area contributed by atoms with Crippen molar-refractivity contribution in [1.29, 1.82) is 0 Å². The van der Waals surface area contributed by atoms with Gasteiger partial charge in [0.05, 0.1) is 0 Å². The molecule has 1 aromatic carbocycles. The Morgan fingerprint density at radius 3 is 3.07 bits per heavy atom. The first kappa shape index (κ1) is 8.64. The first-order valence-corrected chi connectivity index (χ1v) is 4.30. The van der Waals surface area contributed by atoms with E-state index in [1.54, 1.807) is 0 Å². The van der Waals surface area contributed by atoms with E-state index in [9.17, 15) is 4.79 Å². The summed E-state index contributed by atoms with van der Waals surface area (Å²) in [6.45, 7) is 0. The van der Waals surface area contributed by atoms with Gasteiger partial charge in [-0.2, -0.15) is 0 Å². The molecule has 14 heavy (non-hydrogen) atoms. The Bertz CT molecular complexity index is 431. The van der Waals surface area contributed by atoms with E-state index in [1.165, 1.54) is 0 Å². The van der Waals surface area contributed by atoms with E-state index in [1.807, 2.05) is 18.2 Å². The van der Waals surface area contributed by atoms with Crippen molar-refractivity contribution in [2.24, 2.45) is 0 Å². The first-order valence-electron chi connectivity index (χ1n) is 4.30. The summed E-state index contributed by atoms with van der Waals surface area (Å²) in [4.78, 5) is 10.8. The van der Waals surface area contributed by atoms with Gasteiger partial charge in [0, 0.05) is 17.7 Å². The Hall–Kier alpha value is -1.95. The van der Waals surface area contributed by atoms with Crippen LogP contribution in [0.4, 0.5) is 5.69 Å². The minimum Gasteiger partial charge on any atom is -0.480 e. The second-order valence-corrected chi connectivity index (χ2v) is 3.22. The number of terminal acetylenes is 1. The van der Waals surface area contributed by atoms with Crippen LogP contribution in [0.1, 0.15) is 11.1 Å². The molecule has 3 heteroatoms. The second kappa shape index (κ2) is 3.08.